The Balaban J connectivity index is 2.31. The fourth-order valence-electron chi connectivity index (χ4n) is 2.46. The number of unbranched alkanes of at least 4 members (excludes halogenated alkanes) is 1. The topological polar surface area (TPSA) is 12.4 Å². The highest BCUT2D eigenvalue weighted by molar-refractivity contribution is 7.78. The number of hydrogen-bond donors (Lipinski definition) is 0. The van der Waals surface area contributed by atoms with Gasteiger partial charge in [0.2, 0.25) is 0 Å². The van der Waals surface area contributed by atoms with Gasteiger partial charge in [0.1, 0.15) is 5.69 Å². The number of isothiocyanates is 1. The minimum Gasteiger partial charge on any atom is -0.204 e. The number of allylic oxidation sites excluding steroid dienone is 1. The summed E-state index contributed by atoms with van der Waals surface area (Å²) in [6, 6.07) is 8.23. The van der Waals surface area contributed by atoms with Crippen LogP contribution < -0.4 is 0 Å². The summed E-state index contributed by atoms with van der Waals surface area (Å²) in [7, 11) is 0. The van der Waals surface area contributed by atoms with Gasteiger partial charge in [0.15, 0.2) is 11.6 Å². The third-order valence-corrected chi connectivity index (χ3v) is 3.89. The van der Waals surface area contributed by atoms with Crippen LogP contribution in [0.2, 0.25) is 0 Å². The molecule has 0 fully saturated rings. The number of thiocarbonyl (C=S) groups is 1. The molecule has 0 spiro atoms. The van der Waals surface area contributed by atoms with E-state index in [1.165, 1.54) is 11.1 Å². The molecule has 0 saturated heterocycles. The smallest absolute Gasteiger partial charge is 0.153 e. The fourth-order valence-corrected chi connectivity index (χ4v) is 2.56. The van der Waals surface area contributed by atoms with Crippen LogP contribution in [0.4, 0.5) is 14.5 Å². The molecule has 2 aromatic carbocycles. The predicted octanol–water partition coefficient (Wildman–Crippen LogP) is 6.47. The molecular formula is C22H19F2NS. The quantitative estimate of drug-likeness (QED) is 0.335. The third kappa shape index (κ3) is 5.20. The molecule has 2 aromatic rings. The van der Waals surface area contributed by atoms with Gasteiger partial charge >= 0.3 is 0 Å². The summed E-state index contributed by atoms with van der Waals surface area (Å²) in [5.41, 5.74) is 2.96. The molecule has 2 rings (SSSR count). The highest BCUT2D eigenvalue weighted by Gasteiger charge is 2.09. The molecule has 26 heavy (non-hydrogen) atoms. The summed E-state index contributed by atoms with van der Waals surface area (Å²) < 4.78 is 27.7. The molecule has 0 aliphatic heterocycles. The van der Waals surface area contributed by atoms with E-state index < -0.39 is 17.3 Å². The molecule has 0 aromatic heterocycles. The van der Waals surface area contributed by atoms with Crippen LogP contribution in [0.3, 0.4) is 0 Å². The van der Waals surface area contributed by atoms with Gasteiger partial charge in [-0.25, -0.2) is 8.78 Å². The van der Waals surface area contributed by atoms with Crippen molar-refractivity contribution in [3.05, 3.63) is 70.3 Å². The number of aryl methyl sites for hydroxylation is 1. The number of hydrogen-bond acceptors (Lipinski definition) is 2. The minimum absolute atomic E-state index is 0.244. The van der Waals surface area contributed by atoms with Crippen LogP contribution in [0.1, 0.15) is 48.9 Å². The Morgan fingerprint density at radius 2 is 1.73 bits per heavy atom. The Labute approximate surface area is 158 Å². The lowest BCUT2D eigenvalue weighted by molar-refractivity contribution is 0.587. The zero-order chi connectivity index (χ0) is 18.9. The number of rotatable bonds is 5. The van der Waals surface area contributed by atoms with Crippen molar-refractivity contribution < 1.29 is 8.78 Å². The Kier molecular flexibility index (Phi) is 7.41. The van der Waals surface area contributed by atoms with Gasteiger partial charge in [-0.2, -0.15) is 4.99 Å². The second-order valence-corrected chi connectivity index (χ2v) is 5.88. The first-order valence-corrected chi connectivity index (χ1v) is 8.88. The largest absolute Gasteiger partial charge is 0.204 e. The van der Waals surface area contributed by atoms with Crippen LogP contribution in [-0.4, -0.2) is 5.16 Å². The molecule has 0 heterocycles. The van der Waals surface area contributed by atoms with Gasteiger partial charge in [0.25, 0.3) is 0 Å². The molecule has 0 radical (unpaired) electrons. The fraction of sp³-hybridized carbons (Fsp3) is 0.227. The molecule has 0 aliphatic rings. The maximum Gasteiger partial charge on any atom is 0.153 e. The molecule has 0 aliphatic carbocycles. The van der Waals surface area contributed by atoms with Crippen LogP contribution in [0.25, 0.3) is 6.08 Å². The normalized spacial score (nSPS) is 10.3. The summed E-state index contributed by atoms with van der Waals surface area (Å²) >= 11 is 4.39. The standard InChI is InChI=1S/C22H19F2NS/c1-3-5-6-7-19-11-10-16(12-18(19)4-2)8-9-17-13-20(23)22(25-15-26)21(24)14-17/h6-7,10-14H,3-5H2,1-2H3/b7-6+. The molecular weight excluding hydrogens is 348 g/mol. The average Bonchev–Trinajstić information content (AvgIpc) is 2.63. The number of nitrogens with zero attached hydrogens (tertiary/aromatic N) is 1. The van der Waals surface area contributed by atoms with E-state index in [-0.39, 0.29) is 5.56 Å². The van der Waals surface area contributed by atoms with Crippen LogP contribution in [0.5, 0.6) is 0 Å². The average molecular weight is 367 g/mol. The van der Waals surface area contributed by atoms with Gasteiger partial charge in [0, 0.05) is 11.1 Å². The molecule has 0 amide bonds. The lowest BCUT2D eigenvalue weighted by atomic mass is 10.0. The highest BCUT2D eigenvalue weighted by Crippen LogP contribution is 2.23. The van der Waals surface area contributed by atoms with Crippen molar-refractivity contribution in [1.29, 1.82) is 0 Å². The zero-order valence-electron chi connectivity index (χ0n) is 14.8. The summed E-state index contributed by atoms with van der Waals surface area (Å²) in [5.74, 6) is 4.14. The van der Waals surface area contributed by atoms with Gasteiger partial charge in [-0.15, -0.1) is 0 Å². The summed E-state index contributed by atoms with van der Waals surface area (Å²) in [5, 5.41) is 1.97. The van der Waals surface area contributed by atoms with Gasteiger partial charge in [-0.3, -0.25) is 0 Å². The third-order valence-electron chi connectivity index (χ3n) is 3.80. The minimum atomic E-state index is -0.808. The molecule has 0 bridgehead atoms. The lowest BCUT2D eigenvalue weighted by Gasteiger charge is -2.04. The van der Waals surface area contributed by atoms with E-state index in [0.29, 0.717) is 0 Å². The van der Waals surface area contributed by atoms with Crippen molar-refractivity contribution in [3.63, 3.8) is 0 Å². The van der Waals surface area contributed by atoms with E-state index in [1.54, 1.807) is 0 Å². The van der Waals surface area contributed by atoms with Gasteiger partial charge in [-0.05, 0) is 60.5 Å². The first-order chi connectivity index (χ1) is 12.6. The number of aliphatic imine (C=N–C) groups is 1. The van der Waals surface area contributed by atoms with Crippen LogP contribution >= 0.6 is 12.2 Å². The molecule has 0 saturated carbocycles. The molecule has 0 atom stereocenters. The van der Waals surface area contributed by atoms with Gasteiger partial charge in [-0.1, -0.05) is 50.3 Å². The monoisotopic (exact) mass is 367 g/mol. The van der Waals surface area contributed by atoms with Crippen molar-refractivity contribution in [3.8, 4) is 11.8 Å². The van der Waals surface area contributed by atoms with E-state index in [1.807, 2.05) is 23.4 Å². The van der Waals surface area contributed by atoms with E-state index in [4.69, 9.17) is 0 Å². The van der Waals surface area contributed by atoms with Crippen LogP contribution in [-0.2, 0) is 6.42 Å². The number of halogens is 2. The Hall–Kier alpha value is -2.60. The Bertz CT molecular complexity index is 906. The second kappa shape index (κ2) is 9.77. The van der Waals surface area contributed by atoms with Crippen LogP contribution in [0, 0.1) is 23.5 Å². The molecule has 132 valence electrons. The Morgan fingerprint density at radius 3 is 2.35 bits per heavy atom. The van der Waals surface area contributed by atoms with Crippen molar-refractivity contribution in [1.82, 2.24) is 0 Å². The summed E-state index contributed by atoms with van der Waals surface area (Å²) in [6.07, 6.45) is 7.33. The molecule has 0 unspecified atom stereocenters. The molecule has 4 heteroatoms. The highest BCUT2D eigenvalue weighted by atomic mass is 32.1. The van der Waals surface area contributed by atoms with E-state index in [2.05, 4.69) is 55.1 Å². The first kappa shape index (κ1) is 19.7. The molecule has 0 N–H and O–H groups in total. The van der Waals surface area contributed by atoms with Crippen LogP contribution in [0.15, 0.2) is 41.4 Å². The maximum atomic E-state index is 13.8. The molecule has 1 nitrogen and oxygen atoms in total. The van der Waals surface area contributed by atoms with Gasteiger partial charge < -0.3 is 0 Å². The van der Waals surface area contributed by atoms with E-state index in [0.717, 1.165) is 37.0 Å². The van der Waals surface area contributed by atoms with Crippen molar-refractivity contribution in [2.45, 2.75) is 33.1 Å². The number of benzene rings is 2. The van der Waals surface area contributed by atoms with Crippen molar-refractivity contribution in [2.24, 2.45) is 4.99 Å². The van der Waals surface area contributed by atoms with E-state index in [9.17, 15) is 8.78 Å². The SMILES string of the molecule is CCC/C=C/c1ccc(C#Cc2cc(F)c(N=C=S)c(F)c2)cc1CC. The van der Waals surface area contributed by atoms with E-state index >= 15 is 0 Å². The van der Waals surface area contributed by atoms with Gasteiger partial charge in [0.05, 0.1) is 5.16 Å². The van der Waals surface area contributed by atoms with Crippen molar-refractivity contribution >= 4 is 29.1 Å². The summed E-state index contributed by atoms with van der Waals surface area (Å²) in [6.45, 7) is 4.23. The summed E-state index contributed by atoms with van der Waals surface area (Å²) in [4.78, 5) is 3.39. The maximum absolute atomic E-state index is 13.8. The Morgan fingerprint density at radius 1 is 1.04 bits per heavy atom. The lowest BCUT2D eigenvalue weighted by Crippen LogP contribution is -1.89. The first-order valence-electron chi connectivity index (χ1n) is 8.47. The second-order valence-electron chi connectivity index (χ2n) is 5.70. The predicted molar refractivity (Wildman–Crippen MR) is 107 cm³/mol. The van der Waals surface area contributed by atoms with Crippen molar-refractivity contribution in [2.75, 3.05) is 0 Å². The zero-order valence-corrected chi connectivity index (χ0v) is 15.6.